The lowest BCUT2D eigenvalue weighted by Gasteiger charge is -2.56. The monoisotopic (exact) mass is 403 g/mol. The third-order valence-corrected chi connectivity index (χ3v) is 8.20. The molecule has 0 aliphatic heterocycles. The van der Waals surface area contributed by atoms with E-state index in [0.717, 1.165) is 5.57 Å². The molecule has 0 saturated heterocycles. The van der Waals surface area contributed by atoms with Gasteiger partial charge in [-0.05, 0) is 49.7 Å². The number of carbonyl (C=O) groups is 4. The lowest BCUT2D eigenvalue weighted by Crippen LogP contribution is -2.60. The third-order valence-electron chi connectivity index (χ3n) is 8.20. The smallest absolute Gasteiger partial charge is 0.303 e. The molecule has 0 spiro atoms. The van der Waals surface area contributed by atoms with Crippen LogP contribution in [0.3, 0.4) is 0 Å². The van der Waals surface area contributed by atoms with E-state index in [4.69, 9.17) is 4.11 Å². The minimum Gasteiger partial charge on any atom is -0.458 e. The molecule has 0 aromatic heterocycles. The number of allylic oxidation sites excluding steroid dienone is 4. The van der Waals surface area contributed by atoms with Crippen LogP contribution in [0.15, 0.2) is 23.8 Å². The normalized spacial score (nSPS) is 45.1. The Morgan fingerprint density at radius 3 is 2.79 bits per heavy atom. The molecule has 29 heavy (non-hydrogen) atoms. The van der Waals surface area contributed by atoms with Crippen molar-refractivity contribution in [3.05, 3.63) is 23.8 Å². The number of ether oxygens (including phenoxy) is 1. The largest absolute Gasteiger partial charge is 0.458 e. The molecular weight excluding hydrogens is 372 g/mol. The van der Waals surface area contributed by atoms with E-state index in [2.05, 4.69) is 4.74 Å². The fourth-order valence-electron chi connectivity index (χ4n) is 6.74. The molecule has 0 amide bonds. The Morgan fingerprint density at radius 1 is 1.31 bits per heavy atom. The summed E-state index contributed by atoms with van der Waals surface area (Å²) in [5, 5.41) is 11.5. The summed E-state index contributed by atoms with van der Waals surface area (Å²) in [5.74, 6) is -2.85. The van der Waals surface area contributed by atoms with Crippen molar-refractivity contribution in [1.82, 2.24) is 0 Å². The van der Waals surface area contributed by atoms with Crippen LogP contribution in [0.4, 0.5) is 0 Å². The van der Waals surface area contributed by atoms with Gasteiger partial charge in [0.05, 0.1) is 0 Å². The van der Waals surface area contributed by atoms with Crippen LogP contribution in [-0.4, -0.2) is 40.6 Å². The van der Waals surface area contributed by atoms with Gasteiger partial charge in [-0.25, -0.2) is 0 Å². The fraction of sp³-hybridized carbons (Fsp3) is 0.652. The SMILES string of the molecule is [2H]C([2H])([2H])C(=O)OCC(=O)[C@@]1(O)CC[C@H]2[C@@H]3CCC4=CC(=O)C=C[C@]4(C)[C@H]3C(=O)C[C@@]21C. The van der Waals surface area contributed by atoms with E-state index < -0.39 is 41.6 Å². The third kappa shape index (κ3) is 2.71. The van der Waals surface area contributed by atoms with Gasteiger partial charge in [0.2, 0.25) is 5.78 Å². The first-order chi connectivity index (χ1) is 14.7. The Balaban J connectivity index is 1.60. The summed E-state index contributed by atoms with van der Waals surface area (Å²) in [7, 11) is 0. The van der Waals surface area contributed by atoms with Crippen molar-refractivity contribution < 1.29 is 33.1 Å². The number of hydrogen-bond acceptors (Lipinski definition) is 6. The van der Waals surface area contributed by atoms with Crippen LogP contribution >= 0.6 is 0 Å². The molecule has 1 N–H and O–H groups in total. The Kier molecular flexibility index (Phi) is 3.72. The van der Waals surface area contributed by atoms with Gasteiger partial charge in [0, 0.05) is 34.1 Å². The van der Waals surface area contributed by atoms with Crippen molar-refractivity contribution >= 4 is 23.3 Å². The van der Waals surface area contributed by atoms with Gasteiger partial charge in [-0.1, -0.05) is 25.5 Å². The molecule has 3 fully saturated rings. The van der Waals surface area contributed by atoms with E-state index in [1.165, 1.54) is 6.08 Å². The number of rotatable bonds is 3. The number of carbonyl (C=O) groups excluding carboxylic acids is 4. The van der Waals surface area contributed by atoms with Crippen LogP contribution in [0.25, 0.3) is 0 Å². The highest BCUT2D eigenvalue weighted by Gasteiger charge is 2.68. The van der Waals surface area contributed by atoms with E-state index >= 15 is 0 Å². The van der Waals surface area contributed by atoms with Gasteiger partial charge in [-0.3, -0.25) is 19.2 Å². The first-order valence-corrected chi connectivity index (χ1v) is 10.1. The van der Waals surface area contributed by atoms with Crippen LogP contribution in [0.1, 0.15) is 56.9 Å². The molecule has 0 radical (unpaired) electrons. The van der Waals surface area contributed by atoms with Gasteiger partial charge in [0.25, 0.3) is 0 Å². The standard InChI is InChI=1S/C23H28O6/c1-13(24)29-12-19(27)23(28)9-7-17-16-5-4-14-10-15(25)6-8-21(14,2)20(16)18(26)11-22(17,23)3/h6,8,10,16-17,20,28H,4-5,7,9,11-12H2,1-3H3/t16-,17-,20+,21-,22-,23-/m0/s1/i1D3. The lowest BCUT2D eigenvalue weighted by molar-refractivity contribution is -0.172. The number of aliphatic hydroxyl groups is 1. The molecule has 0 bridgehead atoms. The van der Waals surface area contributed by atoms with E-state index in [1.54, 1.807) is 13.0 Å². The average Bonchev–Trinajstić information content (AvgIpc) is 2.97. The van der Waals surface area contributed by atoms with Crippen LogP contribution in [0, 0.1) is 28.6 Å². The molecule has 6 heteroatoms. The van der Waals surface area contributed by atoms with Crippen molar-refractivity contribution in [2.24, 2.45) is 28.6 Å². The molecule has 6 atom stereocenters. The maximum Gasteiger partial charge on any atom is 0.303 e. The molecule has 3 saturated carbocycles. The van der Waals surface area contributed by atoms with Crippen molar-refractivity contribution in [2.45, 2.75) is 58.4 Å². The van der Waals surface area contributed by atoms with Gasteiger partial charge in [-0.15, -0.1) is 0 Å². The van der Waals surface area contributed by atoms with Gasteiger partial charge in [0.1, 0.15) is 11.4 Å². The Bertz CT molecular complexity index is 965. The van der Waals surface area contributed by atoms with Crippen LogP contribution in [-0.2, 0) is 23.9 Å². The predicted octanol–water partition coefficient (Wildman–Crippen LogP) is 2.34. The summed E-state index contributed by atoms with van der Waals surface area (Å²) in [5.41, 5.74) is -2.48. The summed E-state index contributed by atoms with van der Waals surface area (Å²) >= 11 is 0. The van der Waals surface area contributed by atoms with Gasteiger partial charge >= 0.3 is 5.97 Å². The van der Waals surface area contributed by atoms with Crippen LogP contribution < -0.4 is 0 Å². The molecule has 4 rings (SSSR count). The molecule has 0 unspecified atom stereocenters. The van der Waals surface area contributed by atoms with Gasteiger partial charge in [0.15, 0.2) is 12.4 Å². The van der Waals surface area contributed by atoms with Crippen molar-refractivity contribution in [2.75, 3.05) is 6.61 Å². The first-order valence-electron chi connectivity index (χ1n) is 11.6. The maximum atomic E-state index is 13.5. The van der Waals surface area contributed by atoms with E-state index in [0.29, 0.717) is 19.3 Å². The quantitative estimate of drug-likeness (QED) is 0.727. The molecule has 6 nitrogen and oxygen atoms in total. The molecular formula is C23H28O6. The van der Waals surface area contributed by atoms with Crippen molar-refractivity contribution in [1.29, 1.82) is 0 Å². The second-order valence-electron chi connectivity index (χ2n) is 9.43. The lowest BCUT2D eigenvalue weighted by atomic mass is 9.46. The van der Waals surface area contributed by atoms with E-state index in [9.17, 15) is 24.3 Å². The molecule has 0 aromatic rings. The van der Waals surface area contributed by atoms with Crippen molar-refractivity contribution in [3.8, 4) is 0 Å². The minimum atomic E-state index is -2.99. The van der Waals surface area contributed by atoms with Crippen LogP contribution in [0.2, 0.25) is 0 Å². The molecule has 4 aliphatic carbocycles. The minimum absolute atomic E-state index is 0.00104. The second kappa shape index (κ2) is 6.46. The Labute approximate surface area is 174 Å². The number of Topliss-reactive ketones (excluding diaryl/α,β-unsaturated/α-hetero) is 2. The zero-order valence-corrected chi connectivity index (χ0v) is 16.7. The second-order valence-corrected chi connectivity index (χ2v) is 9.43. The molecule has 4 aliphatic rings. The Hall–Kier alpha value is -2.08. The summed E-state index contributed by atoms with van der Waals surface area (Å²) in [4.78, 5) is 49.9. The van der Waals surface area contributed by atoms with Gasteiger partial charge < -0.3 is 9.84 Å². The van der Waals surface area contributed by atoms with Crippen molar-refractivity contribution in [3.63, 3.8) is 0 Å². The first kappa shape index (κ1) is 16.7. The number of hydrogen-bond donors (Lipinski definition) is 1. The average molecular weight is 403 g/mol. The Morgan fingerprint density at radius 2 is 2.07 bits per heavy atom. The van der Waals surface area contributed by atoms with Gasteiger partial charge in [-0.2, -0.15) is 0 Å². The summed E-state index contributed by atoms with van der Waals surface area (Å²) in [6, 6.07) is 0. The molecule has 0 aromatic carbocycles. The highest BCUT2D eigenvalue weighted by Crippen LogP contribution is 2.66. The highest BCUT2D eigenvalue weighted by molar-refractivity contribution is 6.02. The number of fused-ring (bicyclic) bond motifs is 5. The topological polar surface area (TPSA) is 97.7 Å². The zero-order chi connectivity index (χ0) is 23.7. The summed E-state index contributed by atoms with van der Waals surface area (Å²) in [6.45, 7) is -0.0968. The van der Waals surface area contributed by atoms with E-state index in [1.807, 2.05) is 13.0 Å². The molecule has 0 heterocycles. The maximum absolute atomic E-state index is 13.5. The predicted molar refractivity (Wildman–Crippen MR) is 104 cm³/mol. The zero-order valence-electron chi connectivity index (χ0n) is 19.7. The van der Waals surface area contributed by atoms with E-state index in [-0.39, 0.29) is 42.2 Å². The summed E-state index contributed by atoms with van der Waals surface area (Å²) < 4.78 is 25.9. The molecule has 156 valence electrons. The highest BCUT2D eigenvalue weighted by atomic mass is 16.5. The van der Waals surface area contributed by atoms with Crippen LogP contribution in [0.5, 0.6) is 0 Å². The summed E-state index contributed by atoms with van der Waals surface area (Å²) in [6.07, 6.45) is 7.02. The number of esters is 1. The number of ketones is 3. The fourth-order valence-corrected chi connectivity index (χ4v) is 6.74.